The first-order valence-corrected chi connectivity index (χ1v) is 5.14. The number of carbonyl (C=O) groups is 1. The van der Waals surface area contributed by atoms with Crippen molar-refractivity contribution < 1.29 is 4.79 Å². The fourth-order valence-electron chi connectivity index (χ4n) is 1.39. The Balaban J connectivity index is 4.26. The van der Waals surface area contributed by atoms with E-state index in [4.69, 9.17) is 0 Å². The van der Waals surface area contributed by atoms with E-state index in [2.05, 4.69) is 18.8 Å². The lowest BCUT2D eigenvalue weighted by Gasteiger charge is -2.11. The third-order valence-corrected chi connectivity index (χ3v) is 2.16. The molecule has 0 fully saturated rings. The maximum atomic E-state index is 11.3. The lowest BCUT2D eigenvalue weighted by Crippen LogP contribution is -2.19. The molecule has 0 aliphatic carbocycles. The minimum absolute atomic E-state index is 0.0662. The number of hydrogen-bond donors (Lipinski definition) is 0. The van der Waals surface area contributed by atoms with Crippen LogP contribution in [0.25, 0.3) is 0 Å². The highest BCUT2D eigenvalue weighted by Crippen LogP contribution is 2.10. The van der Waals surface area contributed by atoms with Gasteiger partial charge in [-0.3, -0.25) is 9.79 Å². The highest BCUT2D eigenvalue weighted by atomic mass is 16.1. The van der Waals surface area contributed by atoms with E-state index < -0.39 is 0 Å². The lowest BCUT2D eigenvalue weighted by atomic mass is 9.95. The molecule has 0 bridgehead atoms. The number of rotatable bonds is 6. The maximum absolute atomic E-state index is 11.3. The van der Waals surface area contributed by atoms with Crippen LogP contribution in [0, 0.1) is 5.92 Å². The van der Waals surface area contributed by atoms with Gasteiger partial charge in [0.25, 0.3) is 0 Å². The Kier molecular flexibility index (Phi) is 6.47. The number of aliphatic imine (C=N–C) groups is 1. The molecule has 0 aromatic rings. The molecule has 0 aliphatic heterocycles. The van der Waals surface area contributed by atoms with Crippen LogP contribution in [0.4, 0.5) is 0 Å². The Bertz CT molecular complexity index is 185. The largest absolute Gasteiger partial charge is 0.299 e. The van der Waals surface area contributed by atoms with E-state index in [0.717, 1.165) is 31.5 Å². The summed E-state index contributed by atoms with van der Waals surface area (Å²) in [5, 5.41) is 0. The molecule has 0 N–H and O–H groups in total. The number of Topliss-reactive ketones (excluding diaryl/α,β-unsaturated/α-hetero) is 1. The van der Waals surface area contributed by atoms with Gasteiger partial charge in [-0.15, -0.1) is 0 Å². The van der Waals surface area contributed by atoms with E-state index in [1.54, 1.807) is 6.92 Å². The molecule has 1 unspecified atom stereocenters. The van der Waals surface area contributed by atoms with Crippen molar-refractivity contribution in [1.82, 2.24) is 0 Å². The van der Waals surface area contributed by atoms with Crippen molar-refractivity contribution in [1.29, 1.82) is 0 Å². The van der Waals surface area contributed by atoms with Gasteiger partial charge >= 0.3 is 0 Å². The normalized spacial score (nSPS) is 14.3. The maximum Gasteiger partial charge on any atom is 0.138 e. The smallest absolute Gasteiger partial charge is 0.138 e. The molecule has 2 heteroatoms. The molecule has 0 amide bonds. The quantitative estimate of drug-likeness (QED) is 0.582. The Morgan fingerprint density at radius 3 is 2.23 bits per heavy atom. The highest BCUT2D eigenvalue weighted by Gasteiger charge is 2.15. The first kappa shape index (κ1) is 12.3. The van der Waals surface area contributed by atoms with E-state index in [0.29, 0.717) is 0 Å². The molecule has 2 nitrogen and oxygen atoms in total. The monoisotopic (exact) mass is 183 g/mol. The summed E-state index contributed by atoms with van der Waals surface area (Å²) in [4.78, 5) is 15.6. The Hall–Kier alpha value is -0.660. The van der Waals surface area contributed by atoms with Gasteiger partial charge in [-0.1, -0.05) is 20.3 Å². The fraction of sp³-hybridized carbons (Fsp3) is 0.818. The molecular formula is C11H21NO. The summed E-state index contributed by atoms with van der Waals surface area (Å²) in [6.45, 7) is 8.67. The van der Waals surface area contributed by atoms with E-state index in [1.807, 2.05) is 6.92 Å². The lowest BCUT2D eigenvalue weighted by molar-refractivity contribution is -0.119. The van der Waals surface area contributed by atoms with Crippen LogP contribution >= 0.6 is 0 Å². The summed E-state index contributed by atoms with van der Waals surface area (Å²) in [7, 11) is 0. The second-order valence-corrected chi connectivity index (χ2v) is 3.48. The third kappa shape index (κ3) is 4.81. The van der Waals surface area contributed by atoms with Crippen molar-refractivity contribution in [3.63, 3.8) is 0 Å². The molecule has 0 saturated carbocycles. The zero-order valence-electron chi connectivity index (χ0n) is 9.26. The second kappa shape index (κ2) is 6.81. The minimum atomic E-state index is 0.0662. The van der Waals surface area contributed by atoms with Crippen LogP contribution in [0.5, 0.6) is 0 Å². The minimum Gasteiger partial charge on any atom is -0.299 e. The predicted octanol–water partition coefficient (Wildman–Crippen LogP) is 2.86. The summed E-state index contributed by atoms with van der Waals surface area (Å²) in [5.41, 5.74) is 1.01. The first-order valence-electron chi connectivity index (χ1n) is 5.14. The molecule has 0 aromatic carbocycles. The van der Waals surface area contributed by atoms with Crippen LogP contribution in [0.15, 0.2) is 4.99 Å². The molecule has 0 rings (SSSR count). The fourth-order valence-corrected chi connectivity index (χ4v) is 1.39. The Morgan fingerprint density at radius 2 is 1.85 bits per heavy atom. The highest BCUT2D eigenvalue weighted by molar-refractivity contribution is 6.02. The van der Waals surface area contributed by atoms with E-state index in [9.17, 15) is 4.79 Å². The molecular weight excluding hydrogens is 162 g/mol. The predicted molar refractivity (Wildman–Crippen MR) is 57.3 cm³/mol. The van der Waals surface area contributed by atoms with Gasteiger partial charge in [0, 0.05) is 12.3 Å². The summed E-state index contributed by atoms with van der Waals surface area (Å²) < 4.78 is 0. The van der Waals surface area contributed by atoms with Gasteiger partial charge in [0.15, 0.2) is 0 Å². The molecule has 76 valence electrons. The van der Waals surface area contributed by atoms with Gasteiger partial charge in [0.05, 0.1) is 5.92 Å². The van der Waals surface area contributed by atoms with Gasteiger partial charge in [-0.05, 0) is 26.7 Å². The molecule has 0 heterocycles. The second-order valence-electron chi connectivity index (χ2n) is 3.48. The molecule has 0 aliphatic rings. The first-order chi connectivity index (χ1) is 6.13. The van der Waals surface area contributed by atoms with Gasteiger partial charge < -0.3 is 0 Å². The Morgan fingerprint density at radius 1 is 1.23 bits per heavy atom. The van der Waals surface area contributed by atoms with E-state index in [1.165, 1.54) is 0 Å². The van der Waals surface area contributed by atoms with Crippen LogP contribution in [0.2, 0.25) is 0 Å². The van der Waals surface area contributed by atoms with Crippen molar-refractivity contribution >= 4 is 11.5 Å². The summed E-state index contributed by atoms with van der Waals surface area (Å²) in [5.74, 6) is 0.316. The average molecular weight is 183 g/mol. The number of nitrogens with zero attached hydrogens (tertiary/aromatic N) is 1. The Labute approximate surface area is 81.4 Å². The standard InChI is InChI=1S/C11H21NO/c1-5-7-11(10(4)13)9(3)12-8-6-2/h11H,5-8H2,1-4H3/b12-9+. The van der Waals surface area contributed by atoms with Crippen LogP contribution in [0.3, 0.4) is 0 Å². The van der Waals surface area contributed by atoms with Gasteiger partial charge in [0.2, 0.25) is 0 Å². The zero-order chi connectivity index (χ0) is 10.3. The molecule has 13 heavy (non-hydrogen) atoms. The van der Waals surface area contributed by atoms with Crippen molar-refractivity contribution in [2.24, 2.45) is 10.9 Å². The van der Waals surface area contributed by atoms with Crippen molar-refractivity contribution in [2.45, 2.75) is 47.0 Å². The third-order valence-electron chi connectivity index (χ3n) is 2.16. The van der Waals surface area contributed by atoms with Gasteiger partial charge in [-0.25, -0.2) is 0 Å². The van der Waals surface area contributed by atoms with Crippen LogP contribution in [-0.4, -0.2) is 18.0 Å². The summed E-state index contributed by atoms with van der Waals surface area (Å²) in [6.07, 6.45) is 3.03. The van der Waals surface area contributed by atoms with E-state index >= 15 is 0 Å². The molecule has 0 aromatic heterocycles. The van der Waals surface area contributed by atoms with Crippen molar-refractivity contribution in [3.8, 4) is 0 Å². The summed E-state index contributed by atoms with van der Waals surface area (Å²) >= 11 is 0. The zero-order valence-corrected chi connectivity index (χ0v) is 9.26. The summed E-state index contributed by atoms with van der Waals surface area (Å²) in [6, 6.07) is 0. The molecule has 0 radical (unpaired) electrons. The van der Waals surface area contributed by atoms with Crippen LogP contribution in [0.1, 0.15) is 47.0 Å². The molecule has 1 atom stereocenters. The number of ketones is 1. The van der Waals surface area contributed by atoms with Gasteiger partial charge in [-0.2, -0.15) is 0 Å². The molecule has 0 spiro atoms. The SMILES string of the molecule is CCC/N=C(\C)C(CCC)C(C)=O. The van der Waals surface area contributed by atoms with Gasteiger partial charge in [0.1, 0.15) is 5.78 Å². The van der Waals surface area contributed by atoms with Crippen LogP contribution < -0.4 is 0 Å². The van der Waals surface area contributed by atoms with E-state index in [-0.39, 0.29) is 11.7 Å². The number of hydrogen-bond acceptors (Lipinski definition) is 2. The average Bonchev–Trinajstić information content (AvgIpc) is 2.09. The molecule has 0 saturated heterocycles. The van der Waals surface area contributed by atoms with Crippen molar-refractivity contribution in [2.75, 3.05) is 6.54 Å². The number of carbonyl (C=O) groups excluding carboxylic acids is 1. The topological polar surface area (TPSA) is 29.4 Å². The van der Waals surface area contributed by atoms with Crippen LogP contribution in [-0.2, 0) is 4.79 Å². The van der Waals surface area contributed by atoms with Crippen molar-refractivity contribution in [3.05, 3.63) is 0 Å².